The molecule has 1 saturated carbocycles. The lowest BCUT2D eigenvalue weighted by Crippen LogP contribution is -2.62. The van der Waals surface area contributed by atoms with Crippen molar-refractivity contribution in [3.8, 4) is 0 Å². The normalized spacial score (nSPS) is 20.1. The molecule has 0 unspecified atom stereocenters. The predicted molar refractivity (Wildman–Crippen MR) is 116 cm³/mol. The Morgan fingerprint density at radius 3 is 2.67 bits per heavy atom. The van der Waals surface area contributed by atoms with E-state index in [2.05, 4.69) is 10.3 Å². The molecule has 1 spiro atoms. The van der Waals surface area contributed by atoms with Crippen LogP contribution in [0.5, 0.6) is 0 Å². The Kier molecular flexibility index (Phi) is 5.86. The second-order valence-corrected chi connectivity index (χ2v) is 8.29. The van der Waals surface area contributed by atoms with Crippen LogP contribution in [0.2, 0.25) is 0 Å². The zero-order chi connectivity index (χ0) is 21.1. The van der Waals surface area contributed by atoms with Crippen LogP contribution >= 0.6 is 0 Å². The molecule has 158 valence electrons. The van der Waals surface area contributed by atoms with Gasteiger partial charge in [0.2, 0.25) is 5.91 Å². The molecule has 30 heavy (non-hydrogen) atoms. The van der Waals surface area contributed by atoms with Gasteiger partial charge in [0, 0.05) is 24.9 Å². The van der Waals surface area contributed by atoms with Crippen LogP contribution in [-0.4, -0.2) is 47.5 Å². The number of ether oxygens (including phenoxy) is 1. The number of benzene rings is 1. The van der Waals surface area contributed by atoms with Gasteiger partial charge in [0.1, 0.15) is 5.82 Å². The van der Waals surface area contributed by atoms with E-state index in [1.54, 1.807) is 13.2 Å². The van der Waals surface area contributed by atoms with Gasteiger partial charge in [-0.3, -0.25) is 9.59 Å². The summed E-state index contributed by atoms with van der Waals surface area (Å²) >= 11 is 0. The maximum Gasteiger partial charge on any atom is 0.254 e. The molecular weight excluding hydrogens is 378 g/mol. The van der Waals surface area contributed by atoms with Gasteiger partial charge in [0.25, 0.3) is 5.91 Å². The highest BCUT2D eigenvalue weighted by molar-refractivity contribution is 6.04. The van der Waals surface area contributed by atoms with E-state index in [1.807, 2.05) is 48.2 Å². The lowest BCUT2D eigenvalue weighted by Gasteiger charge is -2.53. The Hall–Kier alpha value is -2.73. The number of anilines is 1. The summed E-state index contributed by atoms with van der Waals surface area (Å²) in [5.41, 5.74) is 1.75. The van der Waals surface area contributed by atoms with E-state index in [0.717, 1.165) is 43.4 Å². The zero-order valence-corrected chi connectivity index (χ0v) is 17.7. The van der Waals surface area contributed by atoms with Gasteiger partial charge in [0.15, 0.2) is 0 Å². The predicted octanol–water partition coefficient (Wildman–Crippen LogP) is 3.92. The van der Waals surface area contributed by atoms with Crippen molar-refractivity contribution >= 4 is 17.6 Å². The molecule has 6 heteroatoms. The maximum absolute atomic E-state index is 13.7. The van der Waals surface area contributed by atoms with Gasteiger partial charge < -0.3 is 15.0 Å². The van der Waals surface area contributed by atoms with Crippen molar-refractivity contribution in [3.63, 3.8) is 0 Å². The number of hydrogen-bond acceptors (Lipinski definition) is 4. The Morgan fingerprint density at radius 2 is 1.93 bits per heavy atom. The molecule has 2 aliphatic rings. The van der Waals surface area contributed by atoms with Gasteiger partial charge >= 0.3 is 0 Å². The highest BCUT2D eigenvalue weighted by Gasteiger charge is 2.54. The van der Waals surface area contributed by atoms with Crippen LogP contribution in [0.1, 0.15) is 59.6 Å². The first kappa shape index (κ1) is 20.5. The van der Waals surface area contributed by atoms with E-state index in [4.69, 9.17) is 4.74 Å². The van der Waals surface area contributed by atoms with Crippen molar-refractivity contribution in [2.24, 2.45) is 0 Å². The number of pyridine rings is 1. The van der Waals surface area contributed by atoms with Crippen molar-refractivity contribution in [3.05, 3.63) is 59.3 Å². The second kappa shape index (κ2) is 8.56. The Bertz CT molecular complexity index is 937. The Balaban J connectivity index is 1.80. The minimum absolute atomic E-state index is 0.00211. The van der Waals surface area contributed by atoms with Crippen molar-refractivity contribution in [2.75, 3.05) is 25.6 Å². The number of aromatic nitrogens is 1. The molecule has 1 fully saturated rings. The number of nitrogens with zero attached hydrogens (tertiary/aromatic N) is 2. The minimum Gasteiger partial charge on any atom is -0.383 e. The van der Waals surface area contributed by atoms with E-state index in [-0.39, 0.29) is 11.8 Å². The maximum atomic E-state index is 13.7. The first-order chi connectivity index (χ1) is 14.6. The summed E-state index contributed by atoms with van der Waals surface area (Å²) in [6, 6.07) is 13.1. The van der Waals surface area contributed by atoms with Crippen LogP contribution in [0.4, 0.5) is 5.82 Å². The zero-order valence-electron chi connectivity index (χ0n) is 17.7. The van der Waals surface area contributed by atoms with Gasteiger partial charge in [-0.1, -0.05) is 43.5 Å². The molecule has 4 rings (SSSR count). The summed E-state index contributed by atoms with van der Waals surface area (Å²) in [5.74, 6) is 0.00861. The first-order valence-corrected chi connectivity index (χ1v) is 10.7. The molecule has 2 aromatic rings. The van der Waals surface area contributed by atoms with E-state index in [0.29, 0.717) is 24.5 Å². The van der Waals surface area contributed by atoms with E-state index >= 15 is 0 Å². The molecule has 6 nitrogen and oxygen atoms in total. The van der Waals surface area contributed by atoms with Crippen molar-refractivity contribution in [2.45, 2.75) is 50.5 Å². The lowest BCUT2D eigenvalue weighted by molar-refractivity contribution is -0.122. The molecule has 0 bridgehead atoms. The van der Waals surface area contributed by atoms with Crippen LogP contribution in [-0.2, 0) is 9.53 Å². The molecule has 0 saturated heterocycles. The number of carbonyl (C=O) groups is 2. The number of fused-ring (bicyclic) bond motifs is 1. The molecule has 1 aliphatic heterocycles. The quantitative estimate of drug-likeness (QED) is 0.816. The van der Waals surface area contributed by atoms with Gasteiger partial charge in [-0.25, -0.2) is 4.98 Å². The fraction of sp³-hybridized carbons (Fsp3) is 0.458. The summed E-state index contributed by atoms with van der Waals surface area (Å²) < 4.78 is 5.31. The number of carbonyl (C=O) groups excluding carboxylic acids is 2. The molecule has 1 aliphatic carbocycles. The standard InChI is InChI=1S/C24H29N3O3/c1-17-9-8-12-20(25-17)26-22(28)21-18-10-4-5-11-19(18)23(29)27(15-16-30-2)24(21)13-6-3-7-14-24/h4-5,8-12,21H,3,6-7,13-16H2,1-2H3,(H,25,26,28)/t21-/m0/s1. The average molecular weight is 408 g/mol. The summed E-state index contributed by atoms with van der Waals surface area (Å²) in [5, 5.41) is 3.04. The monoisotopic (exact) mass is 407 g/mol. The van der Waals surface area contributed by atoms with Crippen molar-refractivity contribution in [1.82, 2.24) is 9.88 Å². The molecule has 1 aromatic carbocycles. The number of rotatable bonds is 5. The highest BCUT2D eigenvalue weighted by Crippen LogP contribution is 2.49. The van der Waals surface area contributed by atoms with E-state index in [1.165, 1.54) is 0 Å². The summed E-state index contributed by atoms with van der Waals surface area (Å²) in [4.78, 5) is 33.6. The highest BCUT2D eigenvalue weighted by atomic mass is 16.5. The van der Waals surface area contributed by atoms with Crippen molar-refractivity contribution < 1.29 is 14.3 Å². The number of hydrogen-bond donors (Lipinski definition) is 1. The first-order valence-electron chi connectivity index (χ1n) is 10.7. The van der Waals surface area contributed by atoms with Crippen LogP contribution in [0.15, 0.2) is 42.5 Å². The van der Waals surface area contributed by atoms with Crippen LogP contribution in [0.3, 0.4) is 0 Å². The average Bonchev–Trinajstić information content (AvgIpc) is 2.74. The summed E-state index contributed by atoms with van der Waals surface area (Å²) in [7, 11) is 1.64. The SMILES string of the molecule is COCCN1C(=O)c2ccccc2[C@@H](C(=O)Nc2cccc(C)n2)C12CCCCC2. The largest absolute Gasteiger partial charge is 0.383 e. The fourth-order valence-corrected chi connectivity index (χ4v) is 5.16. The molecule has 1 atom stereocenters. The third kappa shape index (κ3) is 3.60. The van der Waals surface area contributed by atoms with Crippen LogP contribution in [0.25, 0.3) is 0 Å². The van der Waals surface area contributed by atoms with Crippen molar-refractivity contribution in [1.29, 1.82) is 0 Å². The molecular formula is C24H29N3O3. The van der Waals surface area contributed by atoms with E-state index < -0.39 is 11.5 Å². The van der Waals surface area contributed by atoms with Gasteiger partial charge in [-0.05, 0) is 43.5 Å². The van der Waals surface area contributed by atoms with Gasteiger partial charge in [-0.2, -0.15) is 0 Å². The summed E-state index contributed by atoms with van der Waals surface area (Å²) in [6.45, 7) is 2.83. The molecule has 0 radical (unpaired) electrons. The van der Waals surface area contributed by atoms with E-state index in [9.17, 15) is 9.59 Å². The topological polar surface area (TPSA) is 71.5 Å². The number of methoxy groups -OCH3 is 1. The third-order valence-electron chi connectivity index (χ3n) is 6.46. The van der Waals surface area contributed by atoms with Crippen LogP contribution < -0.4 is 5.32 Å². The minimum atomic E-state index is -0.532. The number of nitrogens with one attached hydrogen (secondary N) is 1. The Morgan fingerprint density at radius 1 is 1.17 bits per heavy atom. The second-order valence-electron chi connectivity index (χ2n) is 8.29. The number of amides is 2. The van der Waals surface area contributed by atoms with Gasteiger partial charge in [-0.15, -0.1) is 0 Å². The summed E-state index contributed by atoms with van der Waals surface area (Å²) in [6.07, 6.45) is 4.77. The third-order valence-corrected chi connectivity index (χ3v) is 6.46. The Labute approximate surface area is 177 Å². The number of aryl methyl sites for hydroxylation is 1. The molecule has 1 aromatic heterocycles. The smallest absolute Gasteiger partial charge is 0.254 e. The molecule has 1 N–H and O–H groups in total. The molecule has 2 heterocycles. The lowest BCUT2D eigenvalue weighted by atomic mass is 9.65. The van der Waals surface area contributed by atoms with Crippen LogP contribution in [0, 0.1) is 6.92 Å². The van der Waals surface area contributed by atoms with Gasteiger partial charge in [0.05, 0.1) is 18.1 Å². The molecule has 2 amide bonds. The fourth-order valence-electron chi connectivity index (χ4n) is 5.16.